The standard InChI is InChI=1S/C19H19N3O2S2/c23-17(12-6-2-1-3-7-12)21-22-18(24)16(26-19(22)25)10-13-11-20-15-9-5-4-8-14(13)15/h4-5,8-12,24H,1-3,6-7H2,(H,21,23). The molecule has 2 aromatic rings. The first-order valence-electron chi connectivity index (χ1n) is 8.74. The predicted octanol–water partition coefficient (Wildman–Crippen LogP) is 4.89. The zero-order chi connectivity index (χ0) is 18.1. The predicted molar refractivity (Wildman–Crippen MR) is 108 cm³/mol. The van der Waals surface area contributed by atoms with Crippen molar-refractivity contribution in [1.29, 1.82) is 0 Å². The number of carbonyl (C=O) groups excluding carboxylic acids is 1. The van der Waals surface area contributed by atoms with E-state index in [1.165, 1.54) is 22.4 Å². The van der Waals surface area contributed by atoms with Gasteiger partial charge in [0, 0.05) is 23.3 Å². The Morgan fingerprint density at radius 2 is 2.08 bits per heavy atom. The molecule has 1 aliphatic carbocycles. The van der Waals surface area contributed by atoms with Crippen molar-refractivity contribution in [2.24, 2.45) is 10.9 Å². The molecule has 7 heteroatoms. The molecule has 1 aromatic heterocycles. The second-order valence-corrected chi connectivity index (χ2v) is 8.25. The zero-order valence-electron chi connectivity index (χ0n) is 14.1. The van der Waals surface area contributed by atoms with Crippen LogP contribution < -0.4 is 5.43 Å². The van der Waals surface area contributed by atoms with Crippen molar-refractivity contribution >= 4 is 53.0 Å². The van der Waals surface area contributed by atoms with Gasteiger partial charge >= 0.3 is 0 Å². The Morgan fingerprint density at radius 3 is 2.88 bits per heavy atom. The normalized spacial score (nSPS) is 18.2. The molecule has 1 fully saturated rings. The van der Waals surface area contributed by atoms with Gasteiger partial charge in [-0.2, -0.15) is 4.68 Å². The third-order valence-electron chi connectivity index (χ3n) is 4.85. The molecule has 1 aliphatic heterocycles. The molecule has 0 saturated heterocycles. The molecule has 134 valence electrons. The van der Waals surface area contributed by atoms with Crippen LogP contribution in [0.3, 0.4) is 0 Å². The summed E-state index contributed by atoms with van der Waals surface area (Å²) in [5, 5.41) is 10.6. The van der Waals surface area contributed by atoms with Crippen LogP contribution in [0.1, 0.15) is 42.5 Å². The van der Waals surface area contributed by atoms with Gasteiger partial charge in [0.1, 0.15) is 0 Å². The average molecular weight is 386 g/mol. The molecule has 1 saturated carbocycles. The first-order chi connectivity index (χ1) is 12.6. The van der Waals surface area contributed by atoms with Crippen LogP contribution in [0.4, 0.5) is 5.69 Å². The molecular formula is C19H19N3O2S2. The molecule has 2 N–H and O–H groups in total. The van der Waals surface area contributed by atoms with Crippen LogP contribution in [-0.2, 0) is 4.79 Å². The number of rotatable bonds is 3. The molecule has 0 spiro atoms. The van der Waals surface area contributed by atoms with Crippen molar-refractivity contribution < 1.29 is 9.90 Å². The van der Waals surface area contributed by atoms with Gasteiger partial charge in [0.2, 0.25) is 11.8 Å². The Labute approximate surface area is 160 Å². The maximum atomic E-state index is 12.5. The van der Waals surface area contributed by atoms with E-state index in [0.29, 0.717) is 8.83 Å². The van der Waals surface area contributed by atoms with E-state index in [2.05, 4.69) is 10.4 Å². The summed E-state index contributed by atoms with van der Waals surface area (Å²) >= 11 is 6.61. The summed E-state index contributed by atoms with van der Waals surface area (Å²) in [6, 6.07) is 7.84. The molecular weight excluding hydrogens is 366 g/mol. The van der Waals surface area contributed by atoms with E-state index in [0.717, 1.165) is 42.5 Å². The van der Waals surface area contributed by atoms with Crippen LogP contribution in [0.2, 0.25) is 0 Å². The SMILES string of the molecule is O=C(Nn1c(O)c(C=C2C=Nc3ccccc32)sc1=S)C1CCCCC1. The quantitative estimate of drug-likeness (QED) is 0.739. The molecule has 2 aliphatic rings. The Bertz CT molecular complexity index is 965. The number of allylic oxidation sites excluding steroid dienone is 1. The van der Waals surface area contributed by atoms with E-state index in [1.807, 2.05) is 30.3 Å². The number of carbonyl (C=O) groups is 1. The van der Waals surface area contributed by atoms with Crippen LogP contribution in [0, 0.1) is 9.87 Å². The Morgan fingerprint density at radius 1 is 1.31 bits per heavy atom. The molecule has 2 heterocycles. The smallest absolute Gasteiger partial charge is 0.242 e. The topological polar surface area (TPSA) is 66.6 Å². The second kappa shape index (κ2) is 7.17. The van der Waals surface area contributed by atoms with Gasteiger partial charge in [-0.05, 0) is 37.2 Å². The minimum Gasteiger partial charge on any atom is -0.492 e. The van der Waals surface area contributed by atoms with Gasteiger partial charge in [0.25, 0.3) is 0 Å². The summed E-state index contributed by atoms with van der Waals surface area (Å²) in [6.45, 7) is 0. The van der Waals surface area contributed by atoms with Gasteiger partial charge in [-0.25, -0.2) is 0 Å². The third kappa shape index (κ3) is 3.24. The van der Waals surface area contributed by atoms with Gasteiger partial charge in [-0.15, -0.1) is 0 Å². The highest BCUT2D eigenvalue weighted by Gasteiger charge is 2.23. The summed E-state index contributed by atoms with van der Waals surface area (Å²) in [7, 11) is 0. The Balaban J connectivity index is 1.60. The minimum atomic E-state index is -0.0686. The number of aromatic hydroxyl groups is 1. The number of hydrogen-bond donors (Lipinski definition) is 2. The number of thiazole rings is 1. The number of aromatic nitrogens is 1. The first kappa shape index (κ1) is 17.2. The lowest BCUT2D eigenvalue weighted by Gasteiger charge is -2.21. The van der Waals surface area contributed by atoms with Crippen LogP contribution in [0.15, 0.2) is 29.3 Å². The number of benzene rings is 1. The fourth-order valence-electron chi connectivity index (χ4n) is 3.44. The van der Waals surface area contributed by atoms with E-state index in [9.17, 15) is 9.90 Å². The van der Waals surface area contributed by atoms with Crippen molar-refractivity contribution in [3.63, 3.8) is 0 Å². The highest BCUT2D eigenvalue weighted by Crippen LogP contribution is 2.35. The summed E-state index contributed by atoms with van der Waals surface area (Å²) in [5.41, 5.74) is 5.63. The summed E-state index contributed by atoms with van der Waals surface area (Å²) in [6.07, 6.45) is 8.77. The number of para-hydroxylation sites is 1. The van der Waals surface area contributed by atoms with Crippen molar-refractivity contribution in [3.8, 4) is 5.88 Å². The second-order valence-electron chi connectivity index (χ2n) is 6.58. The van der Waals surface area contributed by atoms with E-state index >= 15 is 0 Å². The first-order valence-corrected chi connectivity index (χ1v) is 9.97. The highest BCUT2D eigenvalue weighted by atomic mass is 32.1. The molecule has 0 unspecified atom stereocenters. The van der Waals surface area contributed by atoms with Gasteiger partial charge in [0.05, 0.1) is 10.6 Å². The van der Waals surface area contributed by atoms with Crippen molar-refractivity contribution in [2.75, 3.05) is 5.43 Å². The number of nitrogens with zero attached hydrogens (tertiary/aromatic N) is 2. The highest BCUT2D eigenvalue weighted by molar-refractivity contribution is 7.73. The van der Waals surface area contributed by atoms with Gasteiger partial charge in [-0.1, -0.05) is 48.8 Å². The summed E-state index contributed by atoms with van der Waals surface area (Å²) in [5.74, 6) is -0.101. The monoisotopic (exact) mass is 385 g/mol. The van der Waals surface area contributed by atoms with Crippen LogP contribution in [-0.4, -0.2) is 21.9 Å². The number of fused-ring (bicyclic) bond motifs is 1. The third-order valence-corrected chi connectivity index (χ3v) is 6.16. The fourth-order valence-corrected chi connectivity index (χ4v) is 4.62. The van der Waals surface area contributed by atoms with E-state index in [-0.39, 0.29) is 17.7 Å². The van der Waals surface area contributed by atoms with Crippen molar-refractivity contribution in [3.05, 3.63) is 38.7 Å². The summed E-state index contributed by atoms with van der Waals surface area (Å²) in [4.78, 5) is 17.4. The number of aliphatic imine (C=N–C) groups is 1. The van der Waals surface area contributed by atoms with Gasteiger partial charge in [-0.3, -0.25) is 15.2 Å². The molecule has 1 amide bonds. The van der Waals surface area contributed by atoms with E-state index < -0.39 is 0 Å². The van der Waals surface area contributed by atoms with E-state index in [4.69, 9.17) is 12.2 Å². The van der Waals surface area contributed by atoms with Crippen molar-refractivity contribution in [1.82, 2.24) is 4.68 Å². The molecule has 26 heavy (non-hydrogen) atoms. The minimum absolute atomic E-state index is 0.000553. The van der Waals surface area contributed by atoms with E-state index in [1.54, 1.807) is 6.21 Å². The molecule has 0 atom stereocenters. The van der Waals surface area contributed by atoms with Crippen LogP contribution in [0.5, 0.6) is 5.88 Å². The molecule has 0 bridgehead atoms. The lowest BCUT2D eigenvalue weighted by atomic mass is 9.89. The van der Waals surface area contributed by atoms with Crippen LogP contribution in [0.25, 0.3) is 11.6 Å². The zero-order valence-corrected chi connectivity index (χ0v) is 15.8. The lowest BCUT2D eigenvalue weighted by molar-refractivity contribution is -0.121. The largest absolute Gasteiger partial charge is 0.492 e. The summed E-state index contributed by atoms with van der Waals surface area (Å²) < 4.78 is 1.74. The van der Waals surface area contributed by atoms with Gasteiger partial charge in [0.15, 0.2) is 3.95 Å². The maximum Gasteiger partial charge on any atom is 0.242 e. The molecule has 5 nitrogen and oxygen atoms in total. The Hall–Kier alpha value is -2.25. The lowest BCUT2D eigenvalue weighted by Crippen LogP contribution is -2.30. The van der Waals surface area contributed by atoms with Crippen molar-refractivity contribution in [2.45, 2.75) is 32.1 Å². The fraction of sp³-hybridized carbons (Fsp3) is 0.316. The number of nitrogens with one attached hydrogen (secondary N) is 1. The average Bonchev–Trinajstić information content (AvgIpc) is 3.19. The molecule has 0 radical (unpaired) electrons. The number of hydrogen-bond acceptors (Lipinski definition) is 5. The van der Waals surface area contributed by atoms with Crippen LogP contribution >= 0.6 is 23.6 Å². The molecule has 1 aromatic carbocycles. The van der Waals surface area contributed by atoms with Gasteiger partial charge < -0.3 is 5.11 Å². The maximum absolute atomic E-state index is 12.5. The Kier molecular flexibility index (Phi) is 4.74. The molecule has 4 rings (SSSR count). The number of amides is 1.